The molecule has 0 radical (unpaired) electrons. The topological polar surface area (TPSA) is 102 Å². The highest BCUT2D eigenvalue weighted by atomic mass is 35.5. The lowest BCUT2D eigenvalue weighted by Gasteiger charge is -2.26. The van der Waals surface area contributed by atoms with Crippen LogP contribution in [0.2, 0.25) is 5.02 Å². The number of sulfonamides is 1. The molecule has 0 bridgehead atoms. The highest BCUT2D eigenvalue weighted by Crippen LogP contribution is 2.37. The number of nitrogens with zero attached hydrogens (tertiary/aromatic N) is 6. The van der Waals surface area contributed by atoms with Crippen LogP contribution in [0, 0.1) is 0 Å². The van der Waals surface area contributed by atoms with Crippen LogP contribution in [0.4, 0.5) is 5.82 Å². The van der Waals surface area contributed by atoms with E-state index in [1.807, 2.05) is 18.2 Å². The van der Waals surface area contributed by atoms with Crippen LogP contribution >= 0.6 is 11.6 Å². The molecule has 10 nitrogen and oxygen atoms in total. The van der Waals surface area contributed by atoms with Gasteiger partial charge in [0, 0.05) is 37.9 Å². The van der Waals surface area contributed by atoms with Crippen molar-refractivity contribution in [2.45, 2.75) is 11.3 Å². The van der Waals surface area contributed by atoms with E-state index in [1.54, 1.807) is 43.1 Å². The molecule has 2 aromatic carbocycles. The Hall–Kier alpha value is -3.41. The Balaban J connectivity index is 1.52. The minimum Gasteiger partial charge on any atom is -0.493 e. The number of halogens is 1. The normalized spacial score (nSPS) is 15.1. The van der Waals surface area contributed by atoms with E-state index in [0.717, 1.165) is 16.9 Å². The van der Waals surface area contributed by atoms with E-state index in [2.05, 4.69) is 20.0 Å². The van der Waals surface area contributed by atoms with Crippen LogP contribution in [-0.4, -0.2) is 72.7 Å². The van der Waals surface area contributed by atoms with E-state index in [-0.39, 0.29) is 16.5 Å². The molecule has 188 valence electrons. The third kappa shape index (κ3) is 4.34. The molecule has 3 heterocycles. The Morgan fingerprint density at radius 3 is 2.53 bits per heavy atom. The summed E-state index contributed by atoms with van der Waals surface area (Å²) in [5.74, 6) is 2.45. The Morgan fingerprint density at radius 2 is 1.75 bits per heavy atom. The zero-order valence-electron chi connectivity index (χ0n) is 19.8. The van der Waals surface area contributed by atoms with Crippen molar-refractivity contribution in [3.8, 4) is 22.6 Å². The lowest BCUT2D eigenvalue weighted by atomic mass is 10.1. The maximum Gasteiger partial charge on any atom is 0.254 e. The average molecular weight is 529 g/mol. The van der Waals surface area contributed by atoms with Gasteiger partial charge in [-0.25, -0.2) is 13.4 Å². The number of aromatic nitrogens is 4. The van der Waals surface area contributed by atoms with Crippen LogP contribution < -0.4 is 14.4 Å². The number of rotatable bonds is 6. The van der Waals surface area contributed by atoms with Gasteiger partial charge in [0.15, 0.2) is 11.5 Å². The van der Waals surface area contributed by atoms with Crippen LogP contribution in [-0.2, 0) is 10.0 Å². The average Bonchev–Trinajstić information content (AvgIpc) is 3.23. The van der Waals surface area contributed by atoms with Gasteiger partial charge in [-0.15, -0.1) is 0 Å². The molecule has 12 heteroatoms. The quantitative estimate of drug-likeness (QED) is 0.375. The zero-order chi connectivity index (χ0) is 25.3. The van der Waals surface area contributed by atoms with Crippen LogP contribution in [0.1, 0.15) is 6.42 Å². The number of hydrogen-bond acceptors (Lipinski definition) is 8. The summed E-state index contributed by atoms with van der Waals surface area (Å²) in [4.78, 5) is 11.0. The molecule has 0 saturated carbocycles. The van der Waals surface area contributed by atoms with Crippen molar-refractivity contribution >= 4 is 33.2 Å². The van der Waals surface area contributed by atoms with Gasteiger partial charge in [0.1, 0.15) is 17.0 Å². The summed E-state index contributed by atoms with van der Waals surface area (Å²) < 4.78 is 40.8. The van der Waals surface area contributed by atoms with Crippen molar-refractivity contribution < 1.29 is 17.9 Å². The minimum absolute atomic E-state index is 0.119. The number of methoxy groups -OCH3 is 2. The van der Waals surface area contributed by atoms with Gasteiger partial charge in [-0.05, 0) is 36.2 Å². The summed E-state index contributed by atoms with van der Waals surface area (Å²) in [6.45, 7) is 1.73. The molecule has 0 amide bonds. The number of hydrogen-bond donors (Lipinski definition) is 0. The number of fused-ring (bicyclic) bond motifs is 1. The molecule has 1 aliphatic heterocycles. The van der Waals surface area contributed by atoms with Gasteiger partial charge in [0.2, 0.25) is 10.0 Å². The number of ether oxygens (including phenoxy) is 2. The Bertz CT molecular complexity index is 1510. The Labute approximate surface area is 214 Å². The van der Waals surface area contributed by atoms with Crippen molar-refractivity contribution in [2.75, 3.05) is 45.3 Å². The fourth-order valence-corrected chi connectivity index (χ4v) is 6.38. The van der Waals surface area contributed by atoms with Gasteiger partial charge in [-0.1, -0.05) is 29.8 Å². The predicted molar refractivity (Wildman–Crippen MR) is 136 cm³/mol. The van der Waals surface area contributed by atoms with Crippen molar-refractivity contribution in [2.24, 2.45) is 0 Å². The monoisotopic (exact) mass is 528 g/mol. The SMILES string of the molecule is COc1ccc(-c2cnc3ncnn3c2N2CCCN(S(=O)(=O)c3ccccc3Cl)CC2)cc1OC. The standard InChI is InChI=1S/C24H25ClN6O4S/c1-34-20-9-8-17(14-21(20)35-2)18-15-26-24-27-16-28-31(24)23(18)29-10-5-11-30(13-12-29)36(32,33)22-7-4-3-6-19(22)25/h3-4,6-9,14-16H,5,10-13H2,1-2H3. The van der Waals surface area contributed by atoms with E-state index in [1.165, 1.54) is 16.7 Å². The van der Waals surface area contributed by atoms with Gasteiger partial charge in [0.25, 0.3) is 5.78 Å². The van der Waals surface area contributed by atoms with Gasteiger partial charge in [-0.2, -0.15) is 18.9 Å². The van der Waals surface area contributed by atoms with Crippen molar-refractivity contribution in [3.05, 3.63) is 60.0 Å². The number of benzene rings is 2. The van der Waals surface area contributed by atoms with Crippen LogP contribution in [0.25, 0.3) is 16.9 Å². The van der Waals surface area contributed by atoms with Crippen molar-refractivity contribution in [1.82, 2.24) is 23.9 Å². The molecule has 0 aliphatic carbocycles. The smallest absolute Gasteiger partial charge is 0.254 e. The Morgan fingerprint density at radius 1 is 0.944 bits per heavy atom. The first-order valence-electron chi connectivity index (χ1n) is 11.3. The fraction of sp³-hybridized carbons (Fsp3) is 0.292. The molecule has 0 N–H and O–H groups in total. The molecular formula is C24H25ClN6O4S. The van der Waals surface area contributed by atoms with Gasteiger partial charge in [-0.3, -0.25) is 0 Å². The maximum atomic E-state index is 13.4. The molecule has 2 aromatic heterocycles. The van der Waals surface area contributed by atoms with E-state index in [0.29, 0.717) is 43.3 Å². The molecular weight excluding hydrogens is 504 g/mol. The lowest BCUT2D eigenvalue weighted by Crippen LogP contribution is -2.36. The molecule has 0 atom stereocenters. The maximum absolute atomic E-state index is 13.4. The van der Waals surface area contributed by atoms with E-state index >= 15 is 0 Å². The van der Waals surface area contributed by atoms with Gasteiger partial charge >= 0.3 is 0 Å². The largest absolute Gasteiger partial charge is 0.493 e. The van der Waals surface area contributed by atoms with Crippen LogP contribution in [0.15, 0.2) is 59.9 Å². The second-order valence-corrected chi connectivity index (χ2v) is 10.5. The minimum atomic E-state index is -3.74. The van der Waals surface area contributed by atoms with E-state index in [9.17, 15) is 8.42 Å². The molecule has 5 rings (SSSR count). The van der Waals surface area contributed by atoms with Crippen LogP contribution in [0.5, 0.6) is 11.5 Å². The predicted octanol–water partition coefficient (Wildman–Crippen LogP) is 3.36. The zero-order valence-corrected chi connectivity index (χ0v) is 21.4. The summed E-state index contributed by atoms with van der Waals surface area (Å²) in [5.41, 5.74) is 1.67. The van der Waals surface area contributed by atoms with Crippen molar-refractivity contribution in [3.63, 3.8) is 0 Å². The van der Waals surface area contributed by atoms with Gasteiger partial charge in [0.05, 0.1) is 19.2 Å². The first-order valence-corrected chi connectivity index (χ1v) is 13.2. The highest BCUT2D eigenvalue weighted by molar-refractivity contribution is 7.89. The second kappa shape index (κ2) is 9.92. The van der Waals surface area contributed by atoms with E-state index < -0.39 is 10.0 Å². The lowest BCUT2D eigenvalue weighted by molar-refractivity contribution is 0.355. The number of anilines is 1. The summed E-state index contributed by atoms with van der Waals surface area (Å²) in [5, 5.41) is 4.63. The van der Waals surface area contributed by atoms with E-state index in [4.69, 9.17) is 21.1 Å². The molecule has 0 spiro atoms. The second-order valence-electron chi connectivity index (χ2n) is 8.21. The first kappa shape index (κ1) is 24.3. The molecule has 1 aliphatic rings. The molecule has 1 saturated heterocycles. The molecule has 0 unspecified atom stereocenters. The van der Waals surface area contributed by atoms with Crippen LogP contribution in [0.3, 0.4) is 0 Å². The van der Waals surface area contributed by atoms with Gasteiger partial charge < -0.3 is 14.4 Å². The molecule has 4 aromatic rings. The highest BCUT2D eigenvalue weighted by Gasteiger charge is 2.30. The summed E-state index contributed by atoms with van der Waals surface area (Å²) in [6.07, 6.45) is 3.83. The Kier molecular flexibility index (Phi) is 6.69. The van der Waals surface area contributed by atoms with Crippen molar-refractivity contribution in [1.29, 1.82) is 0 Å². The first-order chi connectivity index (χ1) is 17.4. The third-order valence-corrected chi connectivity index (χ3v) is 8.58. The molecule has 36 heavy (non-hydrogen) atoms. The summed E-state index contributed by atoms with van der Waals surface area (Å²) in [6, 6.07) is 12.2. The third-order valence-electron chi connectivity index (χ3n) is 6.18. The summed E-state index contributed by atoms with van der Waals surface area (Å²) in [7, 11) is -0.559. The molecule has 1 fully saturated rings. The summed E-state index contributed by atoms with van der Waals surface area (Å²) >= 11 is 6.22. The fourth-order valence-electron chi connectivity index (χ4n) is 4.42.